The second-order valence-corrected chi connectivity index (χ2v) is 6.34. The van der Waals surface area contributed by atoms with E-state index in [9.17, 15) is 0 Å². The number of nitrogens with zero attached hydrogens (tertiary/aromatic N) is 1. The molecule has 0 aliphatic carbocycles. The maximum atomic E-state index is 5.94. The van der Waals surface area contributed by atoms with Crippen molar-refractivity contribution in [3.63, 3.8) is 0 Å². The average molecular weight is 301 g/mol. The van der Waals surface area contributed by atoms with Gasteiger partial charge in [0.1, 0.15) is 12.4 Å². The van der Waals surface area contributed by atoms with Gasteiger partial charge in [0.2, 0.25) is 0 Å². The van der Waals surface area contributed by atoms with Gasteiger partial charge in [-0.15, -0.1) is 0 Å². The molecule has 0 bridgehead atoms. The van der Waals surface area contributed by atoms with Crippen molar-refractivity contribution in [1.82, 2.24) is 4.90 Å². The van der Waals surface area contributed by atoms with E-state index in [1.54, 1.807) is 0 Å². The molecule has 0 aromatic heterocycles. The van der Waals surface area contributed by atoms with Crippen molar-refractivity contribution in [2.24, 2.45) is 0 Å². The Morgan fingerprint density at radius 1 is 1.18 bits per heavy atom. The third-order valence-corrected chi connectivity index (χ3v) is 4.45. The van der Waals surface area contributed by atoms with E-state index in [4.69, 9.17) is 4.74 Å². The molecule has 2 rings (SSSR count). The van der Waals surface area contributed by atoms with Gasteiger partial charge >= 0.3 is 0 Å². The van der Waals surface area contributed by atoms with E-state index in [0.29, 0.717) is 0 Å². The lowest BCUT2D eigenvalue weighted by Gasteiger charge is -2.26. The third kappa shape index (κ3) is 5.84. The Morgan fingerprint density at radius 3 is 2.77 bits per heavy atom. The summed E-state index contributed by atoms with van der Waals surface area (Å²) >= 11 is 0. The van der Waals surface area contributed by atoms with E-state index in [2.05, 4.69) is 42.7 Å². The molecule has 1 heterocycles. The van der Waals surface area contributed by atoms with Crippen LogP contribution in [0, 0.1) is 0 Å². The molecule has 2 nitrogen and oxygen atoms in total. The predicted octanol–water partition coefficient (Wildman–Crippen LogP) is 5.14. The summed E-state index contributed by atoms with van der Waals surface area (Å²) in [5, 5.41) is 0. The highest BCUT2D eigenvalue weighted by Gasteiger charge is 2.09. The van der Waals surface area contributed by atoms with Gasteiger partial charge in [-0.1, -0.05) is 44.9 Å². The minimum atomic E-state index is 0.783. The van der Waals surface area contributed by atoms with Gasteiger partial charge in [0.25, 0.3) is 0 Å². The second-order valence-electron chi connectivity index (χ2n) is 6.34. The van der Waals surface area contributed by atoms with E-state index >= 15 is 0 Å². The van der Waals surface area contributed by atoms with Crippen molar-refractivity contribution >= 4 is 5.57 Å². The zero-order valence-electron chi connectivity index (χ0n) is 14.2. The molecule has 1 saturated heterocycles. The number of likely N-dealkylation sites (tertiary alicyclic amines) is 1. The molecule has 1 aromatic rings. The van der Waals surface area contributed by atoms with Crippen LogP contribution in [-0.2, 0) is 0 Å². The fourth-order valence-electron chi connectivity index (χ4n) is 3.01. The Balaban J connectivity index is 1.76. The molecule has 1 aliphatic rings. The number of benzene rings is 1. The SMILES string of the molecule is C=C(CCCCC)c1cccc(OCCN2CCCCC2)c1. The number of hydrogen-bond acceptors (Lipinski definition) is 2. The largest absolute Gasteiger partial charge is 0.492 e. The molecule has 1 aliphatic heterocycles. The summed E-state index contributed by atoms with van der Waals surface area (Å²) < 4.78 is 5.94. The van der Waals surface area contributed by atoms with Crippen molar-refractivity contribution in [1.29, 1.82) is 0 Å². The van der Waals surface area contributed by atoms with E-state index < -0.39 is 0 Å². The zero-order chi connectivity index (χ0) is 15.6. The molecule has 1 aromatic carbocycles. The monoisotopic (exact) mass is 301 g/mol. The van der Waals surface area contributed by atoms with Crippen LogP contribution in [0.25, 0.3) is 5.57 Å². The van der Waals surface area contributed by atoms with E-state index in [1.807, 2.05) is 0 Å². The van der Waals surface area contributed by atoms with Crippen LogP contribution in [0.3, 0.4) is 0 Å². The molecule has 0 spiro atoms. The quantitative estimate of drug-likeness (QED) is 0.585. The van der Waals surface area contributed by atoms with Gasteiger partial charge in [0.05, 0.1) is 0 Å². The van der Waals surface area contributed by atoms with Gasteiger partial charge in [0.15, 0.2) is 0 Å². The Morgan fingerprint density at radius 2 is 2.00 bits per heavy atom. The van der Waals surface area contributed by atoms with Gasteiger partial charge in [0, 0.05) is 6.54 Å². The fourth-order valence-corrected chi connectivity index (χ4v) is 3.01. The topological polar surface area (TPSA) is 12.5 Å². The summed E-state index contributed by atoms with van der Waals surface area (Å²) in [6.45, 7) is 10.8. The molecule has 0 atom stereocenters. The number of allylic oxidation sites excluding steroid dienone is 1. The molecule has 0 radical (unpaired) electrons. The number of ether oxygens (including phenoxy) is 1. The Bertz CT molecular complexity index is 449. The number of rotatable bonds is 9. The van der Waals surface area contributed by atoms with Gasteiger partial charge in [-0.2, -0.15) is 0 Å². The molecular weight excluding hydrogens is 270 g/mol. The lowest BCUT2D eigenvalue weighted by molar-refractivity contribution is 0.183. The molecule has 2 heteroatoms. The first kappa shape index (κ1) is 17.1. The van der Waals surface area contributed by atoms with Gasteiger partial charge < -0.3 is 4.74 Å². The standard InChI is InChI=1S/C20H31NO/c1-3-4-6-10-18(2)19-11-9-12-20(17-19)22-16-15-21-13-7-5-8-14-21/h9,11-12,17H,2-8,10,13-16H2,1H3. The van der Waals surface area contributed by atoms with Crippen LogP contribution in [0.4, 0.5) is 0 Å². The molecule has 0 saturated carbocycles. The lowest BCUT2D eigenvalue weighted by atomic mass is 10.0. The molecule has 0 amide bonds. The molecular formula is C20H31NO. The Hall–Kier alpha value is -1.28. The normalized spacial score (nSPS) is 15.7. The van der Waals surface area contributed by atoms with Gasteiger partial charge in [-0.3, -0.25) is 4.90 Å². The number of hydrogen-bond donors (Lipinski definition) is 0. The van der Waals surface area contributed by atoms with E-state index in [1.165, 1.54) is 62.8 Å². The summed E-state index contributed by atoms with van der Waals surface area (Å²) in [4.78, 5) is 2.51. The minimum Gasteiger partial charge on any atom is -0.492 e. The summed E-state index contributed by atoms with van der Waals surface area (Å²) in [5.74, 6) is 0.978. The predicted molar refractivity (Wildman–Crippen MR) is 95.4 cm³/mol. The highest BCUT2D eigenvalue weighted by Crippen LogP contribution is 2.23. The highest BCUT2D eigenvalue weighted by atomic mass is 16.5. The molecule has 22 heavy (non-hydrogen) atoms. The number of unbranched alkanes of at least 4 members (excludes halogenated alkanes) is 2. The fraction of sp³-hybridized carbons (Fsp3) is 0.600. The summed E-state index contributed by atoms with van der Waals surface area (Å²) in [5.41, 5.74) is 2.46. The van der Waals surface area contributed by atoms with Crippen LogP contribution in [0.1, 0.15) is 57.4 Å². The second kappa shape index (κ2) is 9.68. The molecule has 0 N–H and O–H groups in total. The van der Waals surface area contributed by atoms with Crippen LogP contribution in [0.5, 0.6) is 5.75 Å². The first-order valence-electron chi connectivity index (χ1n) is 8.93. The summed E-state index contributed by atoms with van der Waals surface area (Å²) in [6, 6.07) is 8.42. The van der Waals surface area contributed by atoms with Crippen LogP contribution < -0.4 is 4.74 Å². The third-order valence-electron chi connectivity index (χ3n) is 4.45. The first-order valence-corrected chi connectivity index (χ1v) is 8.93. The van der Waals surface area contributed by atoms with Crippen LogP contribution in [0.2, 0.25) is 0 Å². The van der Waals surface area contributed by atoms with Crippen molar-refractivity contribution in [3.8, 4) is 5.75 Å². The Labute approximate surface area is 136 Å². The summed E-state index contributed by atoms with van der Waals surface area (Å²) in [7, 11) is 0. The van der Waals surface area contributed by atoms with E-state index in [-0.39, 0.29) is 0 Å². The van der Waals surface area contributed by atoms with Crippen LogP contribution >= 0.6 is 0 Å². The molecule has 0 unspecified atom stereocenters. The number of piperidine rings is 1. The summed E-state index contributed by atoms with van der Waals surface area (Å²) in [6.07, 6.45) is 8.93. The average Bonchev–Trinajstić information content (AvgIpc) is 2.56. The van der Waals surface area contributed by atoms with Crippen LogP contribution in [-0.4, -0.2) is 31.1 Å². The molecule has 122 valence electrons. The lowest BCUT2D eigenvalue weighted by Crippen LogP contribution is -2.33. The minimum absolute atomic E-state index is 0.783. The zero-order valence-corrected chi connectivity index (χ0v) is 14.2. The maximum Gasteiger partial charge on any atom is 0.119 e. The first-order chi connectivity index (χ1) is 10.8. The van der Waals surface area contributed by atoms with Crippen molar-refractivity contribution in [2.75, 3.05) is 26.2 Å². The smallest absolute Gasteiger partial charge is 0.119 e. The van der Waals surface area contributed by atoms with Crippen molar-refractivity contribution in [2.45, 2.75) is 51.9 Å². The van der Waals surface area contributed by atoms with Crippen LogP contribution in [0.15, 0.2) is 30.8 Å². The van der Waals surface area contributed by atoms with Gasteiger partial charge in [-0.05, 0) is 62.0 Å². The highest BCUT2D eigenvalue weighted by molar-refractivity contribution is 5.64. The maximum absolute atomic E-state index is 5.94. The van der Waals surface area contributed by atoms with Crippen molar-refractivity contribution in [3.05, 3.63) is 36.4 Å². The Kier molecular flexibility index (Phi) is 7.51. The van der Waals surface area contributed by atoms with E-state index in [0.717, 1.165) is 25.3 Å². The van der Waals surface area contributed by atoms with Crippen molar-refractivity contribution < 1.29 is 4.74 Å². The van der Waals surface area contributed by atoms with Gasteiger partial charge in [-0.25, -0.2) is 0 Å². The molecule has 1 fully saturated rings.